The number of benzene rings is 2. The van der Waals surface area contributed by atoms with E-state index in [0.29, 0.717) is 11.1 Å². The van der Waals surface area contributed by atoms with Crippen molar-refractivity contribution in [2.24, 2.45) is 17.4 Å². The molecular formula is C29H36N6O7. The molecule has 0 radical (unpaired) electrons. The molecular weight excluding hydrogens is 544 g/mol. The monoisotopic (exact) mass is 580 g/mol. The van der Waals surface area contributed by atoms with E-state index in [9.17, 15) is 34.2 Å². The Kier molecular flexibility index (Phi) is 10.6. The van der Waals surface area contributed by atoms with Crippen LogP contribution >= 0.6 is 0 Å². The maximum Gasteiger partial charge on any atom is 0.326 e. The van der Waals surface area contributed by atoms with E-state index < -0.39 is 60.2 Å². The summed E-state index contributed by atoms with van der Waals surface area (Å²) in [6.07, 6.45) is 0.980. The lowest BCUT2D eigenvalue weighted by atomic mass is 10.0. The lowest BCUT2D eigenvalue weighted by molar-refractivity contribution is -0.142. The van der Waals surface area contributed by atoms with Crippen LogP contribution in [0.5, 0.6) is 5.75 Å². The van der Waals surface area contributed by atoms with E-state index in [1.54, 1.807) is 20.0 Å². The van der Waals surface area contributed by atoms with Crippen molar-refractivity contribution in [2.45, 2.75) is 57.3 Å². The van der Waals surface area contributed by atoms with E-state index in [2.05, 4.69) is 20.9 Å². The van der Waals surface area contributed by atoms with Gasteiger partial charge in [0.2, 0.25) is 23.6 Å². The van der Waals surface area contributed by atoms with Gasteiger partial charge >= 0.3 is 5.97 Å². The molecule has 4 unspecified atom stereocenters. The lowest BCUT2D eigenvalue weighted by Crippen LogP contribution is -2.58. The Morgan fingerprint density at radius 3 is 2.05 bits per heavy atom. The molecule has 0 aliphatic carbocycles. The number of aromatic hydroxyl groups is 1. The minimum atomic E-state index is -1.43. The average Bonchev–Trinajstić information content (AvgIpc) is 3.34. The molecule has 0 bridgehead atoms. The summed E-state index contributed by atoms with van der Waals surface area (Å²) in [5.74, 6) is -4.79. The van der Waals surface area contributed by atoms with Crippen molar-refractivity contribution >= 4 is 40.5 Å². The number of aromatic nitrogens is 1. The third-order valence-corrected chi connectivity index (χ3v) is 6.78. The maximum absolute atomic E-state index is 13.5. The molecule has 2 aromatic carbocycles. The Bertz CT molecular complexity index is 1440. The van der Waals surface area contributed by atoms with Gasteiger partial charge in [-0.15, -0.1) is 0 Å². The number of amides is 4. The zero-order valence-corrected chi connectivity index (χ0v) is 23.3. The number of rotatable bonds is 14. The zero-order valence-electron chi connectivity index (χ0n) is 23.3. The predicted octanol–water partition coefficient (Wildman–Crippen LogP) is 0.0564. The molecule has 4 atom stereocenters. The van der Waals surface area contributed by atoms with Crippen LogP contribution < -0.4 is 27.4 Å². The Balaban J connectivity index is 1.88. The van der Waals surface area contributed by atoms with Crippen LogP contribution in [0.3, 0.4) is 0 Å². The van der Waals surface area contributed by atoms with E-state index in [4.69, 9.17) is 11.5 Å². The lowest BCUT2D eigenvalue weighted by Gasteiger charge is -2.25. The number of phenols is 1. The maximum atomic E-state index is 13.5. The van der Waals surface area contributed by atoms with Gasteiger partial charge in [-0.3, -0.25) is 19.2 Å². The van der Waals surface area contributed by atoms with Crippen molar-refractivity contribution in [2.75, 3.05) is 0 Å². The van der Waals surface area contributed by atoms with Crippen molar-refractivity contribution in [1.82, 2.24) is 20.9 Å². The summed E-state index contributed by atoms with van der Waals surface area (Å²) in [6.45, 7) is 3.43. The van der Waals surface area contributed by atoms with Crippen LogP contribution in [0.15, 0.2) is 54.7 Å². The molecule has 4 amide bonds. The largest absolute Gasteiger partial charge is 0.508 e. The van der Waals surface area contributed by atoms with Crippen molar-refractivity contribution in [3.05, 3.63) is 65.9 Å². The summed E-state index contributed by atoms with van der Waals surface area (Å²) >= 11 is 0. The van der Waals surface area contributed by atoms with Gasteiger partial charge in [-0.1, -0.05) is 44.2 Å². The number of para-hydroxylation sites is 1. The number of primary amides is 1. The summed E-state index contributed by atoms with van der Waals surface area (Å²) in [5.41, 5.74) is 13.2. The highest BCUT2D eigenvalue weighted by Gasteiger charge is 2.32. The minimum absolute atomic E-state index is 0.00289. The van der Waals surface area contributed by atoms with Crippen molar-refractivity contribution in [3.8, 4) is 5.75 Å². The molecule has 0 aliphatic heterocycles. The van der Waals surface area contributed by atoms with Gasteiger partial charge in [0.05, 0.1) is 12.5 Å². The number of fused-ring (bicyclic) bond motifs is 1. The van der Waals surface area contributed by atoms with Crippen LogP contribution in [0.1, 0.15) is 31.4 Å². The van der Waals surface area contributed by atoms with Gasteiger partial charge in [0.1, 0.15) is 23.9 Å². The van der Waals surface area contributed by atoms with Gasteiger partial charge in [0.25, 0.3) is 0 Å². The molecule has 1 heterocycles. The number of hydrogen-bond donors (Lipinski definition) is 8. The van der Waals surface area contributed by atoms with Crippen LogP contribution in [-0.2, 0) is 36.8 Å². The van der Waals surface area contributed by atoms with Crippen LogP contribution in [0.4, 0.5) is 0 Å². The van der Waals surface area contributed by atoms with Gasteiger partial charge in [-0.25, -0.2) is 4.79 Å². The Labute approximate surface area is 242 Å². The number of H-pyrrole nitrogens is 1. The quantitative estimate of drug-likeness (QED) is 0.130. The first kappa shape index (κ1) is 31.6. The Hall–Kier alpha value is -4.91. The van der Waals surface area contributed by atoms with Gasteiger partial charge in [-0.05, 0) is 35.2 Å². The first-order chi connectivity index (χ1) is 19.8. The number of phenolic OH excluding ortho intramolecular Hbond substituents is 1. The summed E-state index contributed by atoms with van der Waals surface area (Å²) in [7, 11) is 0. The van der Waals surface area contributed by atoms with Crippen molar-refractivity contribution < 1.29 is 34.2 Å². The van der Waals surface area contributed by atoms with Crippen LogP contribution in [0.25, 0.3) is 10.9 Å². The molecule has 13 nitrogen and oxygen atoms in total. The number of hydrogen-bond acceptors (Lipinski definition) is 7. The van der Waals surface area contributed by atoms with Gasteiger partial charge < -0.3 is 42.6 Å². The minimum Gasteiger partial charge on any atom is -0.508 e. The number of nitrogens with two attached hydrogens (primary N) is 2. The smallest absolute Gasteiger partial charge is 0.326 e. The Morgan fingerprint density at radius 2 is 1.43 bits per heavy atom. The predicted molar refractivity (Wildman–Crippen MR) is 154 cm³/mol. The molecule has 3 rings (SSSR count). The highest BCUT2D eigenvalue weighted by Crippen LogP contribution is 2.20. The first-order valence-electron chi connectivity index (χ1n) is 13.4. The van der Waals surface area contributed by atoms with Crippen LogP contribution in [0.2, 0.25) is 0 Å². The number of carboxylic acid groups (broad SMARTS) is 1. The molecule has 0 spiro atoms. The fourth-order valence-electron chi connectivity index (χ4n) is 4.32. The Morgan fingerprint density at radius 1 is 0.833 bits per heavy atom. The third-order valence-electron chi connectivity index (χ3n) is 6.78. The van der Waals surface area contributed by atoms with Crippen LogP contribution in [-0.4, -0.2) is 69.0 Å². The number of carbonyl (C=O) groups excluding carboxylic acids is 4. The number of aromatic amines is 1. The molecule has 42 heavy (non-hydrogen) atoms. The van der Waals surface area contributed by atoms with Crippen LogP contribution in [0, 0.1) is 5.92 Å². The van der Waals surface area contributed by atoms with E-state index in [1.165, 1.54) is 24.3 Å². The topological polar surface area (TPSA) is 230 Å². The van der Waals surface area contributed by atoms with E-state index in [0.717, 1.165) is 10.9 Å². The van der Waals surface area contributed by atoms with Gasteiger partial charge in [-0.2, -0.15) is 0 Å². The fourth-order valence-corrected chi connectivity index (χ4v) is 4.32. The second-order valence-electron chi connectivity index (χ2n) is 10.4. The number of carbonyl (C=O) groups is 5. The van der Waals surface area contributed by atoms with E-state index in [1.807, 2.05) is 24.3 Å². The standard InChI is InChI=1S/C29H36N6O7/c1-15(2)25(31)28(40)34-22(13-24(30)37)27(39)33-21(12-17-14-32-20-6-4-3-5-19(17)20)26(38)35-23(29(41)42)11-16-7-9-18(36)10-8-16/h3-10,14-15,21-23,25,32,36H,11-13,31H2,1-2H3,(H2,30,37)(H,33,39)(H,34,40)(H,35,38)(H,41,42). The van der Waals surface area contributed by atoms with Gasteiger partial charge in [0.15, 0.2) is 0 Å². The normalized spacial score (nSPS) is 14.0. The molecule has 1 aromatic heterocycles. The molecule has 13 heteroatoms. The summed E-state index contributed by atoms with van der Waals surface area (Å²) < 4.78 is 0. The highest BCUT2D eigenvalue weighted by molar-refractivity contribution is 5.96. The van der Waals surface area contributed by atoms with Crippen molar-refractivity contribution in [1.29, 1.82) is 0 Å². The van der Waals surface area contributed by atoms with Crippen molar-refractivity contribution in [3.63, 3.8) is 0 Å². The summed E-state index contributed by atoms with van der Waals surface area (Å²) in [4.78, 5) is 66.3. The highest BCUT2D eigenvalue weighted by atomic mass is 16.4. The number of carboxylic acids is 1. The second-order valence-corrected chi connectivity index (χ2v) is 10.4. The molecule has 3 aromatic rings. The molecule has 0 saturated heterocycles. The molecule has 0 fully saturated rings. The molecule has 0 saturated carbocycles. The first-order valence-corrected chi connectivity index (χ1v) is 13.4. The summed E-state index contributed by atoms with van der Waals surface area (Å²) in [5, 5.41) is 27.6. The fraction of sp³-hybridized carbons (Fsp3) is 0.345. The molecule has 224 valence electrons. The van der Waals surface area contributed by atoms with Gasteiger partial charge in [0, 0.05) is 29.9 Å². The SMILES string of the molecule is CC(C)C(N)C(=O)NC(CC(N)=O)C(=O)NC(Cc1c[nH]c2ccccc12)C(=O)NC(Cc1ccc(O)cc1)C(=O)O. The molecule has 0 aliphatic rings. The number of aliphatic carboxylic acids is 1. The van der Waals surface area contributed by atoms with E-state index in [-0.39, 0.29) is 24.5 Å². The molecule has 10 N–H and O–H groups in total. The third kappa shape index (κ3) is 8.54. The average molecular weight is 581 g/mol. The zero-order chi connectivity index (χ0) is 31.0. The summed E-state index contributed by atoms with van der Waals surface area (Å²) in [6, 6.07) is 8.09. The second kappa shape index (κ2) is 14.1. The number of nitrogens with one attached hydrogen (secondary N) is 4. The van der Waals surface area contributed by atoms with E-state index >= 15 is 0 Å².